The molecule has 0 radical (unpaired) electrons. The predicted octanol–water partition coefficient (Wildman–Crippen LogP) is 3.59. The third kappa shape index (κ3) is 4.87. The Hall–Kier alpha value is -4.54. The number of fused-ring (bicyclic) bond motifs is 1. The summed E-state index contributed by atoms with van der Waals surface area (Å²) in [6.07, 6.45) is 6.27. The van der Waals surface area contributed by atoms with E-state index in [9.17, 15) is 4.79 Å². The lowest BCUT2D eigenvalue weighted by Gasteiger charge is -2.28. The Morgan fingerprint density at radius 3 is 2.59 bits per heavy atom. The third-order valence-corrected chi connectivity index (χ3v) is 7.23. The van der Waals surface area contributed by atoms with Gasteiger partial charge in [0.25, 0.3) is 5.91 Å². The fraction of sp³-hybridized carbons (Fsp3) is 0.357. The van der Waals surface area contributed by atoms with Gasteiger partial charge in [0.2, 0.25) is 5.82 Å². The van der Waals surface area contributed by atoms with Crippen LogP contribution in [0.15, 0.2) is 42.6 Å². The van der Waals surface area contributed by atoms with E-state index >= 15 is 0 Å². The van der Waals surface area contributed by atoms with Crippen molar-refractivity contribution in [2.24, 2.45) is 7.05 Å². The number of ether oxygens (including phenoxy) is 1. The van der Waals surface area contributed by atoms with Crippen molar-refractivity contribution in [3.63, 3.8) is 0 Å². The second-order valence-corrected chi connectivity index (χ2v) is 9.99. The van der Waals surface area contributed by atoms with Crippen molar-refractivity contribution in [2.75, 3.05) is 37.5 Å². The summed E-state index contributed by atoms with van der Waals surface area (Å²) >= 11 is 0. The van der Waals surface area contributed by atoms with Crippen molar-refractivity contribution >= 4 is 23.0 Å². The molecule has 0 aliphatic carbocycles. The average Bonchev–Trinajstić information content (AvgIpc) is 3.51. The normalized spacial score (nSPS) is 15.0. The number of rotatable bonds is 7. The molecule has 0 unspecified atom stereocenters. The molecule has 0 bridgehead atoms. The molecule has 3 aromatic heterocycles. The number of nitrogens with one attached hydrogen (secondary N) is 1. The molecule has 0 atom stereocenters. The van der Waals surface area contributed by atoms with Crippen LogP contribution in [0.4, 0.5) is 17.1 Å². The number of hydrogen-bond acceptors (Lipinski definition) is 9. The predicted molar refractivity (Wildman–Crippen MR) is 147 cm³/mol. The van der Waals surface area contributed by atoms with Crippen LogP contribution in [-0.4, -0.2) is 68.2 Å². The topological polar surface area (TPSA) is 114 Å². The maximum atomic E-state index is 13.1. The fourth-order valence-corrected chi connectivity index (χ4v) is 5.30. The Morgan fingerprint density at radius 1 is 1.03 bits per heavy atom. The molecule has 1 amide bonds. The van der Waals surface area contributed by atoms with E-state index in [0.717, 1.165) is 30.2 Å². The number of piperidine rings is 1. The van der Waals surface area contributed by atoms with Crippen molar-refractivity contribution in [2.45, 2.75) is 32.2 Å². The van der Waals surface area contributed by atoms with Crippen LogP contribution in [0.5, 0.6) is 5.75 Å². The Kier molecular flexibility index (Phi) is 6.55. The number of anilines is 3. The van der Waals surface area contributed by atoms with Crippen molar-refractivity contribution in [3.05, 3.63) is 65.2 Å². The van der Waals surface area contributed by atoms with E-state index in [2.05, 4.69) is 37.8 Å². The zero-order valence-corrected chi connectivity index (χ0v) is 22.4. The van der Waals surface area contributed by atoms with Crippen LogP contribution in [0, 0.1) is 0 Å². The van der Waals surface area contributed by atoms with E-state index < -0.39 is 0 Å². The molecule has 11 nitrogen and oxygen atoms in total. The van der Waals surface area contributed by atoms with E-state index in [1.165, 1.54) is 29.7 Å². The molecule has 11 heteroatoms. The number of benzene rings is 1. The number of aryl methyl sites for hydroxylation is 1. The number of para-hydroxylation sites is 1. The average molecular weight is 526 g/mol. The molecule has 200 valence electrons. The van der Waals surface area contributed by atoms with E-state index in [4.69, 9.17) is 14.7 Å². The Labute approximate surface area is 226 Å². The number of tetrazole rings is 1. The van der Waals surface area contributed by atoms with E-state index in [1.807, 2.05) is 30.5 Å². The Morgan fingerprint density at radius 2 is 1.87 bits per heavy atom. The number of methoxy groups -OCH3 is 1. The lowest BCUT2D eigenvalue weighted by Crippen LogP contribution is -2.29. The first-order chi connectivity index (χ1) is 19.0. The molecule has 39 heavy (non-hydrogen) atoms. The smallest absolute Gasteiger partial charge is 0.257 e. The molecule has 5 heterocycles. The number of carbonyl (C=O) groups is 1. The van der Waals surface area contributed by atoms with Crippen molar-refractivity contribution < 1.29 is 9.53 Å². The monoisotopic (exact) mass is 525 g/mol. The first kappa shape index (κ1) is 24.8. The summed E-state index contributed by atoms with van der Waals surface area (Å²) < 4.78 is 5.76. The van der Waals surface area contributed by atoms with Gasteiger partial charge in [0.15, 0.2) is 5.75 Å². The molecule has 1 N–H and O–H groups in total. The zero-order valence-electron chi connectivity index (χ0n) is 22.4. The number of pyridine rings is 2. The van der Waals surface area contributed by atoms with Crippen molar-refractivity contribution in [3.8, 4) is 17.1 Å². The minimum absolute atomic E-state index is 0.0683. The Bertz CT molecular complexity index is 1510. The standard InChI is InChI=1S/C28H31N9O2/c1-35-17-24-25(28(35)38)23(31-22-9-7-8-21(26(22)39-3)27-32-34-36(2)33-27)15-19(30-24)14-18-10-11-20(16-29-18)37-12-5-4-6-13-37/h7-11,15-16H,4-6,12-14,17H2,1-3H3,(H,30,31). The summed E-state index contributed by atoms with van der Waals surface area (Å²) in [7, 11) is 5.10. The number of hydrogen-bond donors (Lipinski definition) is 1. The van der Waals surface area contributed by atoms with Gasteiger partial charge < -0.3 is 19.9 Å². The first-order valence-electron chi connectivity index (χ1n) is 13.2. The van der Waals surface area contributed by atoms with Crippen LogP contribution in [-0.2, 0) is 20.0 Å². The number of amides is 1. The van der Waals surface area contributed by atoms with Gasteiger partial charge in [-0.3, -0.25) is 14.8 Å². The first-order valence-corrected chi connectivity index (χ1v) is 13.2. The van der Waals surface area contributed by atoms with Crippen LogP contribution < -0.4 is 15.0 Å². The van der Waals surface area contributed by atoms with Gasteiger partial charge in [0.1, 0.15) is 0 Å². The van der Waals surface area contributed by atoms with E-state index in [0.29, 0.717) is 47.0 Å². The molecule has 6 rings (SSSR count). The van der Waals surface area contributed by atoms with Gasteiger partial charge in [0, 0.05) is 37.9 Å². The van der Waals surface area contributed by atoms with Gasteiger partial charge in [-0.15, -0.1) is 10.2 Å². The summed E-state index contributed by atoms with van der Waals surface area (Å²) in [5.74, 6) is 0.946. The molecule has 2 aliphatic rings. The minimum atomic E-state index is -0.0683. The summed E-state index contributed by atoms with van der Waals surface area (Å²) in [6, 6.07) is 11.8. The molecule has 1 saturated heterocycles. The quantitative estimate of drug-likeness (QED) is 0.387. The number of aromatic nitrogens is 6. The van der Waals surface area contributed by atoms with Crippen molar-refractivity contribution in [1.82, 2.24) is 35.1 Å². The van der Waals surface area contributed by atoms with Gasteiger partial charge in [0.05, 0.1) is 60.8 Å². The molecule has 1 aromatic carbocycles. The summed E-state index contributed by atoms with van der Waals surface area (Å²) in [6.45, 7) is 2.63. The fourth-order valence-electron chi connectivity index (χ4n) is 5.30. The molecule has 0 spiro atoms. The van der Waals surface area contributed by atoms with Gasteiger partial charge in [-0.1, -0.05) is 6.07 Å². The van der Waals surface area contributed by atoms with Crippen LogP contribution in [0.3, 0.4) is 0 Å². The Balaban J connectivity index is 1.32. The third-order valence-electron chi connectivity index (χ3n) is 7.23. The lowest BCUT2D eigenvalue weighted by atomic mass is 10.1. The highest BCUT2D eigenvalue weighted by molar-refractivity contribution is 6.03. The summed E-state index contributed by atoms with van der Waals surface area (Å²) in [5, 5.41) is 15.8. The summed E-state index contributed by atoms with van der Waals surface area (Å²) in [4.78, 5) is 28.2. The second kappa shape index (κ2) is 10.3. The van der Waals surface area contributed by atoms with Gasteiger partial charge in [-0.25, -0.2) is 0 Å². The molecular weight excluding hydrogens is 494 g/mol. The zero-order chi connectivity index (χ0) is 26.9. The number of nitrogens with zero attached hydrogens (tertiary/aromatic N) is 8. The molecule has 2 aliphatic heterocycles. The highest BCUT2D eigenvalue weighted by atomic mass is 16.5. The van der Waals surface area contributed by atoms with Crippen LogP contribution in [0.1, 0.15) is 46.7 Å². The molecule has 4 aromatic rings. The van der Waals surface area contributed by atoms with Gasteiger partial charge >= 0.3 is 0 Å². The maximum absolute atomic E-state index is 13.1. The highest BCUT2D eigenvalue weighted by Crippen LogP contribution is 2.38. The SMILES string of the molecule is COc1c(Nc2cc(Cc3ccc(N4CCCCC4)cn3)nc3c2C(=O)N(C)C3)cccc1-c1nnn(C)n1. The van der Waals surface area contributed by atoms with Crippen LogP contribution >= 0.6 is 0 Å². The number of carbonyl (C=O) groups excluding carboxylic acids is 1. The second-order valence-electron chi connectivity index (χ2n) is 9.99. The van der Waals surface area contributed by atoms with Crippen LogP contribution in [0.2, 0.25) is 0 Å². The largest absolute Gasteiger partial charge is 0.494 e. The maximum Gasteiger partial charge on any atom is 0.257 e. The molecular formula is C28H31N9O2. The molecule has 0 saturated carbocycles. The highest BCUT2D eigenvalue weighted by Gasteiger charge is 2.30. The minimum Gasteiger partial charge on any atom is -0.494 e. The van der Waals surface area contributed by atoms with E-state index in [1.54, 1.807) is 26.1 Å². The summed E-state index contributed by atoms with van der Waals surface area (Å²) in [5.41, 5.74) is 6.31. The van der Waals surface area contributed by atoms with Crippen molar-refractivity contribution in [1.29, 1.82) is 0 Å². The van der Waals surface area contributed by atoms with Gasteiger partial charge in [-0.05, 0) is 54.8 Å². The lowest BCUT2D eigenvalue weighted by molar-refractivity contribution is 0.0817. The van der Waals surface area contributed by atoms with Crippen LogP contribution in [0.25, 0.3) is 11.4 Å². The molecule has 1 fully saturated rings. The van der Waals surface area contributed by atoms with Gasteiger partial charge in [-0.2, -0.15) is 4.80 Å². The van der Waals surface area contributed by atoms with E-state index in [-0.39, 0.29) is 5.91 Å².